The van der Waals surface area contributed by atoms with Crippen LogP contribution in [0.2, 0.25) is 0 Å². The number of likely N-dealkylation sites (N-methyl/N-ethyl adjacent to an activating group) is 1. The molecule has 0 aliphatic heterocycles. The Balaban J connectivity index is 2.65. The van der Waals surface area contributed by atoms with Crippen LogP contribution in [0.25, 0.3) is 0 Å². The molecule has 0 aliphatic carbocycles. The molecule has 3 nitrogen and oxygen atoms in total. The lowest BCUT2D eigenvalue weighted by atomic mass is 10.1. The molecule has 0 spiro atoms. The maximum Gasteiger partial charge on any atom is 0.304 e. The maximum absolute atomic E-state index is 11.0. The van der Waals surface area contributed by atoms with Crippen LogP contribution in [0.5, 0.6) is 0 Å². The average molecular weight is 269 g/mol. The van der Waals surface area contributed by atoms with Crippen LogP contribution < -0.4 is 0 Å². The Hall–Kier alpha value is -0.870. The fourth-order valence-electron chi connectivity index (χ4n) is 2.15. The molecule has 0 saturated heterocycles. The molecule has 0 amide bonds. The van der Waals surface area contributed by atoms with Gasteiger partial charge in [0.15, 0.2) is 0 Å². The van der Waals surface area contributed by atoms with Crippen LogP contribution in [0.4, 0.5) is 0 Å². The Morgan fingerprint density at radius 3 is 2.78 bits per heavy atom. The van der Waals surface area contributed by atoms with Crippen molar-refractivity contribution in [1.29, 1.82) is 0 Å². The maximum atomic E-state index is 11.0. The van der Waals surface area contributed by atoms with Crippen LogP contribution in [0, 0.1) is 0 Å². The molecule has 0 bridgehead atoms. The Bertz CT molecular complexity index is 338. The first-order valence-electron chi connectivity index (χ1n) is 6.65. The van der Waals surface area contributed by atoms with E-state index in [1.165, 1.54) is 4.88 Å². The highest BCUT2D eigenvalue weighted by Gasteiger charge is 2.20. The first-order chi connectivity index (χ1) is 8.67. The highest BCUT2D eigenvalue weighted by atomic mass is 32.1. The SMILES string of the molecule is CCCCN(CC)C(CC(=O)O)Cc1cccs1. The number of carboxylic acids is 1. The minimum atomic E-state index is -0.702. The molecule has 0 saturated carbocycles. The zero-order valence-corrected chi connectivity index (χ0v) is 12.1. The van der Waals surface area contributed by atoms with Crippen molar-refractivity contribution < 1.29 is 9.90 Å². The number of hydrogen-bond acceptors (Lipinski definition) is 3. The van der Waals surface area contributed by atoms with Crippen molar-refractivity contribution in [1.82, 2.24) is 4.90 Å². The molecule has 18 heavy (non-hydrogen) atoms. The van der Waals surface area contributed by atoms with E-state index in [1.54, 1.807) is 11.3 Å². The quantitative estimate of drug-likeness (QED) is 0.748. The summed E-state index contributed by atoms with van der Waals surface area (Å²) in [6.07, 6.45) is 3.36. The zero-order chi connectivity index (χ0) is 13.4. The first kappa shape index (κ1) is 15.2. The first-order valence-corrected chi connectivity index (χ1v) is 7.53. The molecule has 1 aromatic rings. The van der Waals surface area contributed by atoms with Gasteiger partial charge >= 0.3 is 5.97 Å². The van der Waals surface area contributed by atoms with E-state index in [0.29, 0.717) is 0 Å². The molecule has 1 N–H and O–H groups in total. The standard InChI is InChI=1S/C14H23NO2S/c1-3-5-8-15(4-2)12(11-14(16)17)10-13-7-6-9-18-13/h6-7,9,12H,3-5,8,10-11H2,1-2H3,(H,16,17). The van der Waals surface area contributed by atoms with Crippen LogP contribution in [0.3, 0.4) is 0 Å². The van der Waals surface area contributed by atoms with Gasteiger partial charge in [-0.05, 0) is 37.4 Å². The predicted molar refractivity (Wildman–Crippen MR) is 76.2 cm³/mol. The van der Waals surface area contributed by atoms with Crippen molar-refractivity contribution in [3.63, 3.8) is 0 Å². The van der Waals surface area contributed by atoms with E-state index < -0.39 is 5.97 Å². The number of unbranched alkanes of at least 4 members (excludes halogenated alkanes) is 1. The number of carbonyl (C=O) groups is 1. The van der Waals surface area contributed by atoms with Crippen LogP contribution in [0.1, 0.15) is 38.0 Å². The van der Waals surface area contributed by atoms with Crippen molar-refractivity contribution in [3.05, 3.63) is 22.4 Å². The summed E-state index contributed by atoms with van der Waals surface area (Å²) in [5.41, 5.74) is 0. The molecule has 1 aromatic heterocycles. The normalized spacial score (nSPS) is 12.8. The minimum absolute atomic E-state index is 0.123. The molecule has 0 radical (unpaired) electrons. The lowest BCUT2D eigenvalue weighted by molar-refractivity contribution is -0.138. The van der Waals surface area contributed by atoms with Crippen molar-refractivity contribution >= 4 is 17.3 Å². The van der Waals surface area contributed by atoms with Gasteiger partial charge in [-0.15, -0.1) is 11.3 Å². The second kappa shape index (κ2) is 8.27. The van der Waals surface area contributed by atoms with Gasteiger partial charge in [-0.25, -0.2) is 0 Å². The molecule has 1 atom stereocenters. The van der Waals surface area contributed by atoms with Gasteiger partial charge in [0.2, 0.25) is 0 Å². The second-order valence-corrected chi connectivity index (χ2v) is 5.55. The molecule has 0 aromatic carbocycles. The van der Waals surface area contributed by atoms with Gasteiger partial charge in [-0.3, -0.25) is 9.69 Å². The van der Waals surface area contributed by atoms with Gasteiger partial charge in [0.25, 0.3) is 0 Å². The van der Waals surface area contributed by atoms with E-state index >= 15 is 0 Å². The smallest absolute Gasteiger partial charge is 0.304 e. The molecule has 1 rings (SSSR count). The summed E-state index contributed by atoms with van der Waals surface area (Å²) >= 11 is 1.71. The van der Waals surface area contributed by atoms with Crippen molar-refractivity contribution in [2.24, 2.45) is 0 Å². The third-order valence-electron chi connectivity index (χ3n) is 3.15. The third kappa shape index (κ3) is 5.19. The van der Waals surface area contributed by atoms with Gasteiger partial charge in [0.1, 0.15) is 0 Å². The van der Waals surface area contributed by atoms with E-state index in [2.05, 4.69) is 30.2 Å². The minimum Gasteiger partial charge on any atom is -0.481 e. The van der Waals surface area contributed by atoms with Crippen LogP contribution in [0.15, 0.2) is 17.5 Å². The molecule has 1 unspecified atom stereocenters. The van der Waals surface area contributed by atoms with Gasteiger partial charge in [0.05, 0.1) is 6.42 Å². The number of thiophene rings is 1. The van der Waals surface area contributed by atoms with E-state index in [-0.39, 0.29) is 12.5 Å². The van der Waals surface area contributed by atoms with E-state index in [9.17, 15) is 4.79 Å². The van der Waals surface area contributed by atoms with E-state index in [1.807, 2.05) is 6.07 Å². The summed E-state index contributed by atoms with van der Waals surface area (Å²) in [5, 5.41) is 11.1. The summed E-state index contributed by atoms with van der Waals surface area (Å²) in [5.74, 6) is -0.702. The monoisotopic (exact) mass is 269 g/mol. The Morgan fingerprint density at radius 2 is 2.28 bits per heavy atom. The summed E-state index contributed by atoms with van der Waals surface area (Å²) in [6.45, 7) is 6.19. The number of rotatable bonds is 9. The number of hydrogen-bond donors (Lipinski definition) is 1. The summed E-state index contributed by atoms with van der Waals surface area (Å²) in [4.78, 5) is 14.6. The lowest BCUT2D eigenvalue weighted by Gasteiger charge is -2.29. The van der Waals surface area contributed by atoms with Crippen molar-refractivity contribution in [2.45, 2.75) is 45.6 Å². The number of aliphatic carboxylic acids is 1. The Labute approximate surface area is 113 Å². The average Bonchev–Trinajstić information content (AvgIpc) is 2.82. The lowest BCUT2D eigenvalue weighted by Crippen LogP contribution is -2.39. The van der Waals surface area contributed by atoms with Gasteiger partial charge in [0, 0.05) is 10.9 Å². The van der Waals surface area contributed by atoms with Crippen LogP contribution >= 0.6 is 11.3 Å². The predicted octanol–water partition coefficient (Wildman–Crippen LogP) is 3.26. The highest BCUT2D eigenvalue weighted by Crippen LogP contribution is 2.17. The summed E-state index contributed by atoms with van der Waals surface area (Å²) in [6, 6.07) is 4.24. The molecule has 102 valence electrons. The number of nitrogens with zero attached hydrogens (tertiary/aromatic N) is 1. The van der Waals surface area contributed by atoms with Gasteiger partial charge < -0.3 is 5.11 Å². The molecular formula is C14H23NO2S. The van der Waals surface area contributed by atoms with E-state index in [0.717, 1.165) is 32.4 Å². The summed E-state index contributed by atoms with van der Waals surface area (Å²) < 4.78 is 0. The highest BCUT2D eigenvalue weighted by molar-refractivity contribution is 7.09. The molecular weight excluding hydrogens is 246 g/mol. The van der Waals surface area contributed by atoms with Crippen LogP contribution in [-0.4, -0.2) is 35.1 Å². The van der Waals surface area contributed by atoms with Gasteiger partial charge in [-0.1, -0.05) is 26.3 Å². The van der Waals surface area contributed by atoms with Crippen molar-refractivity contribution in [2.75, 3.05) is 13.1 Å². The van der Waals surface area contributed by atoms with Crippen molar-refractivity contribution in [3.8, 4) is 0 Å². The van der Waals surface area contributed by atoms with E-state index in [4.69, 9.17) is 5.11 Å². The number of carboxylic acid groups (broad SMARTS) is 1. The molecule has 1 heterocycles. The zero-order valence-electron chi connectivity index (χ0n) is 11.3. The molecule has 4 heteroatoms. The molecule has 0 fully saturated rings. The Kier molecular flexibility index (Phi) is 6.98. The fraction of sp³-hybridized carbons (Fsp3) is 0.643. The van der Waals surface area contributed by atoms with Gasteiger partial charge in [-0.2, -0.15) is 0 Å². The molecule has 0 aliphatic rings. The Morgan fingerprint density at radius 1 is 1.50 bits per heavy atom. The van der Waals surface area contributed by atoms with Crippen LogP contribution in [-0.2, 0) is 11.2 Å². The largest absolute Gasteiger partial charge is 0.481 e. The fourth-order valence-corrected chi connectivity index (χ4v) is 2.93. The second-order valence-electron chi connectivity index (χ2n) is 4.52. The summed E-state index contributed by atoms with van der Waals surface area (Å²) in [7, 11) is 0. The topological polar surface area (TPSA) is 40.5 Å². The third-order valence-corrected chi connectivity index (χ3v) is 4.05.